The first kappa shape index (κ1) is 19.6. The zero-order valence-corrected chi connectivity index (χ0v) is 15.4. The van der Waals surface area contributed by atoms with Gasteiger partial charge in [-0.15, -0.1) is 0 Å². The van der Waals surface area contributed by atoms with Gasteiger partial charge >= 0.3 is 0 Å². The number of hydrogen-bond acceptors (Lipinski definition) is 4. The van der Waals surface area contributed by atoms with E-state index in [-0.39, 0.29) is 12.3 Å². The number of methoxy groups -OCH3 is 1. The number of nitrogens with two attached hydrogens (primary N) is 1. The molecule has 2 aromatic carbocycles. The third kappa shape index (κ3) is 5.13. The molecule has 0 aliphatic heterocycles. The van der Waals surface area contributed by atoms with E-state index >= 15 is 0 Å². The van der Waals surface area contributed by atoms with Crippen LogP contribution in [0.2, 0.25) is 5.02 Å². The smallest absolute Gasteiger partial charge is 0.255 e. The van der Waals surface area contributed by atoms with E-state index in [1.807, 2.05) is 6.92 Å². The topological polar surface area (TPSA) is 90.6 Å². The Morgan fingerprint density at radius 2 is 1.88 bits per heavy atom. The van der Waals surface area contributed by atoms with Gasteiger partial charge in [0.1, 0.15) is 0 Å². The Labute approximate surface area is 157 Å². The highest BCUT2D eigenvalue weighted by Crippen LogP contribution is 2.36. The fourth-order valence-electron chi connectivity index (χ4n) is 2.31. The van der Waals surface area contributed by atoms with Crippen LogP contribution in [-0.4, -0.2) is 25.5 Å². The Morgan fingerprint density at radius 1 is 1.19 bits per heavy atom. The Hall–Kier alpha value is -2.73. The summed E-state index contributed by atoms with van der Waals surface area (Å²) >= 11 is 6.24. The zero-order chi connectivity index (χ0) is 19.1. The van der Waals surface area contributed by atoms with Crippen LogP contribution in [0.3, 0.4) is 0 Å². The van der Waals surface area contributed by atoms with Gasteiger partial charge in [-0.3, -0.25) is 9.59 Å². The standard InChI is InChI=1S/C19H21ClN2O4/c1-3-8-26-18-15(20)10-13(11-16(18)25-2)19(24)22-14-6-4-12(5-7-14)9-17(21)23/h4-7,10-11H,3,8-9H2,1-2H3,(H2,21,23)(H,22,24). The van der Waals surface area contributed by atoms with Crippen molar-refractivity contribution >= 4 is 29.1 Å². The van der Waals surface area contributed by atoms with Crippen molar-refractivity contribution in [2.45, 2.75) is 19.8 Å². The highest BCUT2D eigenvalue weighted by atomic mass is 35.5. The van der Waals surface area contributed by atoms with Gasteiger partial charge in [0.25, 0.3) is 5.91 Å². The number of amides is 2. The SMILES string of the molecule is CCCOc1c(Cl)cc(C(=O)Nc2ccc(CC(N)=O)cc2)cc1OC. The second-order valence-electron chi connectivity index (χ2n) is 5.63. The van der Waals surface area contributed by atoms with E-state index in [0.29, 0.717) is 34.4 Å². The van der Waals surface area contributed by atoms with Crippen molar-refractivity contribution in [1.82, 2.24) is 0 Å². The molecule has 0 saturated heterocycles. The second kappa shape index (κ2) is 9.10. The summed E-state index contributed by atoms with van der Waals surface area (Å²) < 4.78 is 10.9. The number of nitrogens with one attached hydrogen (secondary N) is 1. The van der Waals surface area contributed by atoms with Crippen LogP contribution in [0.15, 0.2) is 36.4 Å². The van der Waals surface area contributed by atoms with Gasteiger partial charge in [0.05, 0.1) is 25.2 Å². The highest BCUT2D eigenvalue weighted by Gasteiger charge is 2.16. The van der Waals surface area contributed by atoms with Gasteiger partial charge in [-0.05, 0) is 36.2 Å². The molecule has 6 nitrogen and oxygen atoms in total. The number of carbonyl (C=O) groups excluding carboxylic acids is 2. The largest absolute Gasteiger partial charge is 0.493 e. The van der Waals surface area contributed by atoms with Crippen molar-refractivity contribution in [2.75, 3.05) is 19.0 Å². The zero-order valence-electron chi connectivity index (χ0n) is 14.7. The van der Waals surface area contributed by atoms with E-state index in [9.17, 15) is 9.59 Å². The van der Waals surface area contributed by atoms with E-state index in [0.717, 1.165) is 12.0 Å². The fraction of sp³-hybridized carbons (Fsp3) is 0.263. The average molecular weight is 377 g/mol. The molecule has 0 radical (unpaired) electrons. The Kier molecular flexibility index (Phi) is 6.86. The number of halogens is 1. The molecule has 0 aliphatic rings. The highest BCUT2D eigenvalue weighted by molar-refractivity contribution is 6.32. The molecule has 0 aliphatic carbocycles. The maximum atomic E-state index is 12.5. The summed E-state index contributed by atoms with van der Waals surface area (Å²) in [6, 6.07) is 9.98. The number of rotatable bonds is 8. The first-order chi connectivity index (χ1) is 12.4. The lowest BCUT2D eigenvalue weighted by atomic mass is 10.1. The van der Waals surface area contributed by atoms with Crippen molar-refractivity contribution in [3.8, 4) is 11.5 Å². The van der Waals surface area contributed by atoms with Crippen LogP contribution >= 0.6 is 11.6 Å². The molecule has 0 unspecified atom stereocenters. The lowest BCUT2D eigenvalue weighted by Gasteiger charge is -2.14. The van der Waals surface area contributed by atoms with E-state index in [4.69, 9.17) is 26.8 Å². The molecule has 7 heteroatoms. The molecule has 26 heavy (non-hydrogen) atoms. The first-order valence-corrected chi connectivity index (χ1v) is 8.51. The average Bonchev–Trinajstić information content (AvgIpc) is 2.61. The molecular formula is C19H21ClN2O4. The summed E-state index contributed by atoms with van der Waals surface area (Å²) in [5, 5.41) is 3.08. The monoisotopic (exact) mass is 376 g/mol. The van der Waals surface area contributed by atoms with Crippen molar-refractivity contribution in [3.05, 3.63) is 52.5 Å². The van der Waals surface area contributed by atoms with Gasteiger partial charge in [0.15, 0.2) is 11.5 Å². The molecule has 2 aromatic rings. The van der Waals surface area contributed by atoms with Gasteiger partial charge in [0, 0.05) is 11.3 Å². The summed E-state index contributed by atoms with van der Waals surface area (Å²) in [5.41, 5.74) is 6.87. The van der Waals surface area contributed by atoms with Crippen LogP contribution in [0, 0.1) is 0 Å². The van der Waals surface area contributed by atoms with E-state index in [1.165, 1.54) is 13.2 Å². The van der Waals surface area contributed by atoms with Gasteiger partial charge in [-0.2, -0.15) is 0 Å². The number of ether oxygens (including phenoxy) is 2. The number of primary amides is 1. The molecule has 0 spiro atoms. The Balaban J connectivity index is 2.16. The number of benzene rings is 2. The minimum absolute atomic E-state index is 0.153. The van der Waals surface area contributed by atoms with Crippen LogP contribution in [0.1, 0.15) is 29.3 Å². The lowest BCUT2D eigenvalue weighted by molar-refractivity contribution is -0.117. The van der Waals surface area contributed by atoms with Crippen molar-refractivity contribution in [2.24, 2.45) is 5.73 Å². The number of anilines is 1. The summed E-state index contributed by atoms with van der Waals surface area (Å²) in [7, 11) is 1.49. The minimum atomic E-state index is -0.408. The second-order valence-corrected chi connectivity index (χ2v) is 6.04. The maximum absolute atomic E-state index is 12.5. The fourth-order valence-corrected chi connectivity index (χ4v) is 2.57. The van der Waals surface area contributed by atoms with Crippen molar-refractivity contribution in [3.63, 3.8) is 0 Å². The van der Waals surface area contributed by atoms with Crippen LogP contribution in [0.4, 0.5) is 5.69 Å². The molecule has 0 fully saturated rings. The third-order valence-electron chi connectivity index (χ3n) is 3.53. The normalized spacial score (nSPS) is 10.3. The van der Waals surface area contributed by atoms with Gasteiger partial charge in [-0.25, -0.2) is 0 Å². The molecule has 0 saturated carbocycles. The van der Waals surface area contributed by atoms with E-state index < -0.39 is 5.91 Å². The maximum Gasteiger partial charge on any atom is 0.255 e. The first-order valence-electron chi connectivity index (χ1n) is 8.13. The molecule has 0 aromatic heterocycles. The van der Waals surface area contributed by atoms with Gasteiger partial charge in [0.2, 0.25) is 5.91 Å². The van der Waals surface area contributed by atoms with Crippen molar-refractivity contribution in [1.29, 1.82) is 0 Å². The van der Waals surface area contributed by atoms with Gasteiger partial charge < -0.3 is 20.5 Å². The molecule has 0 atom stereocenters. The molecule has 2 amide bonds. The number of hydrogen-bond donors (Lipinski definition) is 2. The van der Waals surface area contributed by atoms with Crippen LogP contribution in [0.25, 0.3) is 0 Å². The predicted molar refractivity (Wildman–Crippen MR) is 101 cm³/mol. The minimum Gasteiger partial charge on any atom is -0.493 e. The summed E-state index contributed by atoms with van der Waals surface area (Å²) in [5.74, 6) is 0.0695. The lowest BCUT2D eigenvalue weighted by Crippen LogP contribution is -2.14. The Morgan fingerprint density at radius 3 is 2.46 bits per heavy atom. The Bertz CT molecular complexity index is 791. The van der Waals surface area contributed by atoms with Crippen LogP contribution in [-0.2, 0) is 11.2 Å². The quantitative estimate of drug-likeness (QED) is 0.738. The van der Waals surface area contributed by atoms with E-state index in [1.54, 1.807) is 30.3 Å². The number of carbonyl (C=O) groups is 2. The molecule has 138 valence electrons. The summed E-state index contributed by atoms with van der Waals surface area (Å²) in [6.07, 6.45) is 0.980. The molecule has 3 N–H and O–H groups in total. The molecule has 0 heterocycles. The van der Waals surface area contributed by atoms with Crippen LogP contribution < -0.4 is 20.5 Å². The molecule has 2 rings (SSSR count). The predicted octanol–water partition coefficient (Wildman–Crippen LogP) is 3.42. The molecule has 0 bridgehead atoms. The summed E-state index contributed by atoms with van der Waals surface area (Å²) in [4.78, 5) is 23.4. The van der Waals surface area contributed by atoms with Crippen LogP contribution in [0.5, 0.6) is 11.5 Å². The summed E-state index contributed by atoms with van der Waals surface area (Å²) in [6.45, 7) is 2.48. The molecular weight excluding hydrogens is 356 g/mol. The van der Waals surface area contributed by atoms with Crippen molar-refractivity contribution < 1.29 is 19.1 Å². The van der Waals surface area contributed by atoms with E-state index in [2.05, 4.69) is 5.32 Å². The third-order valence-corrected chi connectivity index (χ3v) is 3.81. The van der Waals surface area contributed by atoms with Gasteiger partial charge in [-0.1, -0.05) is 30.7 Å².